The molecule has 0 bridgehead atoms. The van der Waals surface area contributed by atoms with E-state index in [1.165, 1.54) is 11.3 Å². The number of nitrogens with one attached hydrogen (secondary N) is 1. The van der Waals surface area contributed by atoms with Crippen LogP contribution in [-0.2, 0) is 4.74 Å². The fraction of sp³-hybridized carbons (Fsp3) is 0.583. The number of hydrogen-bond acceptors (Lipinski definition) is 3. The molecular weight excluding hydrogens is 204 g/mol. The van der Waals surface area contributed by atoms with Crippen LogP contribution in [0, 0.1) is 0 Å². The molecule has 4 heteroatoms. The Bertz CT molecular complexity index is 369. The van der Waals surface area contributed by atoms with Crippen LogP contribution in [0.3, 0.4) is 0 Å². The predicted molar refractivity (Wildman–Crippen MR) is 59.6 cm³/mol. The number of carbonyl (C=O) groups excluding carboxylic acids is 1. The molecule has 0 unspecified atom stereocenters. The number of hydrogen-bond donors (Lipinski definition) is 1. The first kappa shape index (κ1) is 9.75. The van der Waals surface area contributed by atoms with E-state index < -0.39 is 0 Å². The Morgan fingerprint density at radius 2 is 2.38 bits per heavy atom. The van der Waals surface area contributed by atoms with Gasteiger partial charge in [-0.3, -0.25) is 4.90 Å². The van der Waals surface area contributed by atoms with Crippen LogP contribution >= 0.6 is 0 Å². The zero-order valence-corrected chi connectivity index (χ0v) is 9.24. The Morgan fingerprint density at radius 1 is 1.50 bits per heavy atom. The number of nitrogens with zero attached hydrogens (tertiary/aromatic N) is 1. The van der Waals surface area contributed by atoms with Gasteiger partial charge in [-0.2, -0.15) is 0 Å². The molecule has 0 atom stereocenters. The highest BCUT2D eigenvalue weighted by molar-refractivity contribution is 5.70. The van der Waals surface area contributed by atoms with Gasteiger partial charge in [-0.25, -0.2) is 4.79 Å². The predicted octanol–water partition coefficient (Wildman–Crippen LogP) is 1.75. The van der Waals surface area contributed by atoms with E-state index in [9.17, 15) is 4.79 Å². The van der Waals surface area contributed by atoms with Gasteiger partial charge in [0.2, 0.25) is 0 Å². The second-order valence-corrected chi connectivity index (χ2v) is 4.57. The van der Waals surface area contributed by atoms with Crippen molar-refractivity contribution in [3.05, 3.63) is 23.5 Å². The molecule has 0 radical (unpaired) electrons. The van der Waals surface area contributed by atoms with Crippen molar-refractivity contribution in [2.75, 3.05) is 13.1 Å². The van der Waals surface area contributed by atoms with Crippen LogP contribution in [0.15, 0.2) is 23.5 Å². The lowest BCUT2D eigenvalue weighted by atomic mass is 10.0. The second-order valence-electron chi connectivity index (χ2n) is 4.57. The summed E-state index contributed by atoms with van der Waals surface area (Å²) in [6, 6.07) is 0. The number of allylic oxidation sites excluding steroid dienone is 1. The molecule has 86 valence electrons. The molecule has 1 N–H and O–H groups in total. The lowest BCUT2D eigenvalue weighted by Gasteiger charge is -2.28. The van der Waals surface area contributed by atoms with Crippen molar-refractivity contribution >= 4 is 6.09 Å². The Hall–Kier alpha value is -1.45. The summed E-state index contributed by atoms with van der Waals surface area (Å²) in [6.45, 7) is 1.72. The molecule has 3 aliphatic rings. The molecule has 1 amide bonds. The van der Waals surface area contributed by atoms with Gasteiger partial charge >= 0.3 is 6.09 Å². The SMILES string of the molecule is O=C(OC1CC1)N1C=CC2=C(CCCN2)C1. The molecule has 0 aromatic rings. The van der Waals surface area contributed by atoms with Gasteiger partial charge in [-0.15, -0.1) is 0 Å². The van der Waals surface area contributed by atoms with Gasteiger partial charge < -0.3 is 10.1 Å². The summed E-state index contributed by atoms with van der Waals surface area (Å²) in [5, 5.41) is 3.35. The summed E-state index contributed by atoms with van der Waals surface area (Å²) in [5.41, 5.74) is 2.52. The summed E-state index contributed by atoms with van der Waals surface area (Å²) in [5.74, 6) is 0. The molecule has 2 aliphatic heterocycles. The third-order valence-corrected chi connectivity index (χ3v) is 3.16. The van der Waals surface area contributed by atoms with Gasteiger partial charge in [-0.1, -0.05) is 0 Å². The number of amides is 1. The highest BCUT2D eigenvalue weighted by Gasteiger charge is 2.29. The zero-order valence-electron chi connectivity index (χ0n) is 9.24. The van der Waals surface area contributed by atoms with E-state index in [0.717, 1.165) is 32.2 Å². The van der Waals surface area contributed by atoms with Crippen molar-refractivity contribution < 1.29 is 9.53 Å². The van der Waals surface area contributed by atoms with E-state index in [1.807, 2.05) is 12.3 Å². The van der Waals surface area contributed by atoms with Crippen molar-refractivity contribution in [2.24, 2.45) is 0 Å². The van der Waals surface area contributed by atoms with E-state index in [0.29, 0.717) is 6.54 Å². The fourth-order valence-electron chi connectivity index (χ4n) is 2.07. The lowest BCUT2D eigenvalue weighted by Crippen LogP contribution is -2.35. The molecule has 0 spiro atoms. The van der Waals surface area contributed by atoms with Gasteiger partial charge in [0.25, 0.3) is 0 Å². The molecular formula is C12H16N2O2. The topological polar surface area (TPSA) is 41.6 Å². The van der Waals surface area contributed by atoms with Crippen LogP contribution in [0.2, 0.25) is 0 Å². The molecule has 1 saturated carbocycles. The van der Waals surface area contributed by atoms with E-state index in [4.69, 9.17) is 4.74 Å². The van der Waals surface area contributed by atoms with Crippen molar-refractivity contribution in [1.29, 1.82) is 0 Å². The summed E-state index contributed by atoms with van der Waals surface area (Å²) in [7, 11) is 0. The molecule has 4 nitrogen and oxygen atoms in total. The van der Waals surface area contributed by atoms with Crippen molar-refractivity contribution in [1.82, 2.24) is 10.2 Å². The van der Waals surface area contributed by atoms with Crippen LogP contribution in [-0.4, -0.2) is 30.2 Å². The quantitative estimate of drug-likeness (QED) is 0.732. The molecule has 3 rings (SSSR count). The van der Waals surface area contributed by atoms with E-state index in [-0.39, 0.29) is 12.2 Å². The van der Waals surface area contributed by atoms with E-state index in [1.54, 1.807) is 4.90 Å². The zero-order chi connectivity index (χ0) is 11.0. The summed E-state index contributed by atoms with van der Waals surface area (Å²) in [4.78, 5) is 13.4. The molecule has 0 aromatic carbocycles. The molecule has 0 aromatic heterocycles. The first-order valence-corrected chi connectivity index (χ1v) is 5.94. The van der Waals surface area contributed by atoms with Crippen molar-refractivity contribution in [2.45, 2.75) is 31.8 Å². The minimum atomic E-state index is -0.198. The highest BCUT2D eigenvalue weighted by Crippen LogP contribution is 2.26. The Kier molecular flexibility index (Phi) is 2.35. The van der Waals surface area contributed by atoms with Crippen LogP contribution in [0.5, 0.6) is 0 Å². The smallest absolute Gasteiger partial charge is 0.414 e. The van der Waals surface area contributed by atoms with Gasteiger partial charge in [0.15, 0.2) is 0 Å². The fourth-order valence-corrected chi connectivity index (χ4v) is 2.07. The largest absolute Gasteiger partial charge is 0.446 e. The molecule has 1 fully saturated rings. The average Bonchev–Trinajstić information content (AvgIpc) is 3.12. The number of carbonyl (C=O) groups is 1. The minimum absolute atomic E-state index is 0.181. The van der Waals surface area contributed by atoms with Crippen LogP contribution in [0.4, 0.5) is 4.79 Å². The van der Waals surface area contributed by atoms with Gasteiger partial charge in [0.1, 0.15) is 6.10 Å². The van der Waals surface area contributed by atoms with Crippen molar-refractivity contribution in [3.63, 3.8) is 0 Å². The Labute approximate surface area is 94.9 Å². The number of rotatable bonds is 1. The van der Waals surface area contributed by atoms with Gasteiger partial charge in [0.05, 0.1) is 6.54 Å². The minimum Gasteiger partial charge on any atom is -0.446 e. The normalized spacial score (nSPS) is 23.9. The van der Waals surface area contributed by atoms with Crippen LogP contribution in [0.1, 0.15) is 25.7 Å². The molecule has 0 saturated heterocycles. The summed E-state index contributed by atoms with van der Waals surface area (Å²) in [6.07, 6.45) is 8.07. The molecule has 2 heterocycles. The maximum atomic E-state index is 11.7. The maximum Gasteiger partial charge on any atom is 0.414 e. The monoisotopic (exact) mass is 220 g/mol. The lowest BCUT2D eigenvalue weighted by molar-refractivity contribution is 0.111. The van der Waals surface area contributed by atoms with Gasteiger partial charge in [0, 0.05) is 18.4 Å². The standard InChI is InChI=1S/C12H16N2O2/c15-12(16-10-3-4-10)14-7-5-11-9(8-14)2-1-6-13-11/h5,7,10,13H,1-4,6,8H2. The first-order valence-electron chi connectivity index (χ1n) is 5.94. The average molecular weight is 220 g/mol. The third kappa shape index (κ3) is 1.92. The van der Waals surface area contributed by atoms with E-state index >= 15 is 0 Å². The van der Waals surface area contributed by atoms with Gasteiger partial charge in [-0.05, 0) is 37.3 Å². The summed E-state index contributed by atoms with van der Waals surface area (Å²) < 4.78 is 5.27. The highest BCUT2D eigenvalue weighted by atomic mass is 16.6. The first-order chi connectivity index (χ1) is 7.83. The van der Waals surface area contributed by atoms with E-state index in [2.05, 4.69) is 5.32 Å². The summed E-state index contributed by atoms with van der Waals surface area (Å²) >= 11 is 0. The Morgan fingerprint density at radius 3 is 3.19 bits per heavy atom. The molecule has 1 aliphatic carbocycles. The number of ether oxygens (including phenoxy) is 1. The second kappa shape index (κ2) is 3.85. The third-order valence-electron chi connectivity index (χ3n) is 3.16. The molecule has 16 heavy (non-hydrogen) atoms. The Balaban J connectivity index is 1.65. The maximum absolute atomic E-state index is 11.7. The van der Waals surface area contributed by atoms with Crippen LogP contribution < -0.4 is 5.32 Å². The van der Waals surface area contributed by atoms with Crippen LogP contribution in [0.25, 0.3) is 0 Å². The van der Waals surface area contributed by atoms with Crippen molar-refractivity contribution in [3.8, 4) is 0 Å².